The van der Waals surface area contributed by atoms with Crippen LogP contribution in [0.5, 0.6) is 0 Å². The monoisotopic (exact) mass is 300 g/mol. The van der Waals surface area contributed by atoms with Crippen molar-refractivity contribution in [1.29, 1.82) is 0 Å². The number of hydrogen-bond donors (Lipinski definition) is 3. The molecule has 1 aromatic carbocycles. The first-order chi connectivity index (χ1) is 9.79. The Labute approximate surface area is 121 Å². The third-order valence-corrected chi connectivity index (χ3v) is 2.84. The maximum atomic E-state index is 13.0. The smallest absolute Gasteiger partial charge is 0.326 e. The van der Waals surface area contributed by atoms with Gasteiger partial charge in [0.05, 0.1) is 0 Å². The Morgan fingerprint density at radius 1 is 1.19 bits per heavy atom. The number of rotatable bonds is 6. The molecule has 1 rings (SSSR count). The molecular weight excluding hydrogens is 282 g/mol. The number of urea groups is 1. The molecule has 0 aromatic heterocycles. The lowest BCUT2D eigenvalue weighted by Gasteiger charge is -2.18. The number of carboxylic acids is 1. The van der Waals surface area contributed by atoms with Gasteiger partial charge in [-0.2, -0.15) is 0 Å². The van der Waals surface area contributed by atoms with E-state index in [0.717, 1.165) is 6.07 Å². The van der Waals surface area contributed by atoms with E-state index in [1.54, 1.807) is 13.8 Å². The van der Waals surface area contributed by atoms with Crippen LogP contribution in [0.2, 0.25) is 0 Å². The number of amides is 2. The van der Waals surface area contributed by atoms with E-state index in [0.29, 0.717) is 5.56 Å². The van der Waals surface area contributed by atoms with Crippen LogP contribution in [0.1, 0.15) is 19.4 Å². The van der Waals surface area contributed by atoms with Gasteiger partial charge in [0.25, 0.3) is 0 Å². The summed E-state index contributed by atoms with van der Waals surface area (Å²) in [5.41, 5.74) is 0.409. The molecule has 5 nitrogen and oxygen atoms in total. The molecule has 116 valence electrons. The van der Waals surface area contributed by atoms with Crippen molar-refractivity contribution >= 4 is 12.0 Å². The fraction of sp³-hybridized carbons (Fsp3) is 0.429. The molecule has 0 saturated heterocycles. The molecule has 0 aliphatic heterocycles. The number of benzene rings is 1. The molecule has 1 atom stereocenters. The number of nitrogens with one attached hydrogen (secondary N) is 2. The Hall–Kier alpha value is -2.18. The Balaban J connectivity index is 2.44. The van der Waals surface area contributed by atoms with Gasteiger partial charge in [-0.3, -0.25) is 0 Å². The van der Waals surface area contributed by atoms with E-state index < -0.39 is 29.7 Å². The van der Waals surface area contributed by atoms with Crippen LogP contribution < -0.4 is 10.6 Å². The number of carbonyl (C=O) groups is 2. The summed E-state index contributed by atoms with van der Waals surface area (Å²) in [7, 11) is 0. The molecule has 7 heteroatoms. The van der Waals surface area contributed by atoms with Crippen LogP contribution in [0, 0.1) is 17.6 Å². The number of aliphatic carboxylic acids is 1. The highest BCUT2D eigenvalue weighted by molar-refractivity contribution is 5.82. The van der Waals surface area contributed by atoms with Crippen LogP contribution in [-0.2, 0) is 11.2 Å². The highest BCUT2D eigenvalue weighted by Gasteiger charge is 2.23. The number of carboxylic acid groups (broad SMARTS) is 1. The Kier molecular flexibility index (Phi) is 6.08. The van der Waals surface area contributed by atoms with E-state index in [4.69, 9.17) is 5.11 Å². The van der Waals surface area contributed by atoms with Crippen molar-refractivity contribution < 1.29 is 23.5 Å². The van der Waals surface area contributed by atoms with Gasteiger partial charge < -0.3 is 15.7 Å². The molecule has 0 radical (unpaired) electrons. The van der Waals surface area contributed by atoms with E-state index in [9.17, 15) is 18.4 Å². The third-order valence-electron chi connectivity index (χ3n) is 2.84. The van der Waals surface area contributed by atoms with Crippen LogP contribution in [0.15, 0.2) is 18.2 Å². The van der Waals surface area contributed by atoms with Gasteiger partial charge in [0.2, 0.25) is 0 Å². The summed E-state index contributed by atoms with van der Waals surface area (Å²) >= 11 is 0. The first-order valence-electron chi connectivity index (χ1n) is 6.51. The molecule has 0 aliphatic rings. The van der Waals surface area contributed by atoms with Crippen LogP contribution in [0.4, 0.5) is 13.6 Å². The zero-order valence-electron chi connectivity index (χ0n) is 11.8. The molecule has 0 unspecified atom stereocenters. The molecule has 0 fully saturated rings. The standard InChI is InChI=1S/C14H18F2N2O3/c1-8(2)12(13(19)20)18-14(21)17-4-3-9-5-10(15)7-11(16)6-9/h5-8,12H,3-4H2,1-2H3,(H,19,20)(H2,17,18,21)/t12-/m1/s1. The lowest BCUT2D eigenvalue weighted by atomic mass is 10.1. The van der Waals surface area contributed by atoms with E-state index >= 15 is 0 Å². The summed E-state index contributed by atoms with van der Waals surface area (Å²) in [6.45, 7) is 3.49. The molecule has 21 heavy (non-hydrogen) atoms. The topological polar surface area (TPSA) is 78.4 Å². The van der Waals surface area contributed by atoms with Gasteiger partial charge >= 0.3 is 12.0 Å². The molecule has 0 saturated carbocycles. The van der Waals surface area contributed by atoms with Crippen molar-refractivity contribution in [3.05, 3.63) is 35.4 Å². The fourth-order valence-corrected chi connectivity index (χ4v) is 1.78. The van der Waals surface area contributed by atoms with Crippen molar-refractivity contribution in [3.63, 3.8) is 0 Å². The van der Waals surface area contributed by atoms with Gasteiger partial charge in [0.15, 0.2) is 0 Å². The molecule has 0 bridgehead atoms. The first kappa shape index (κ1) is 16.9. The molecular formula is C14H18F2N2O3. The van der Waals surface area contributed by atoms with E-state index in [2.05, 4.69) is 10.6 Å². The SMILES string of the molecule is CC(C)[C@@H](NC(=O)NCCc1cc(F)cc(F)c1)C(=O)O. The second kappa shape index (κ2) is 7.56. The Morgan fingerprint density at radius 2 is 1.76 bits per heavy atom. The zero-order chi connectivity index (χ0) is 16.0. The normalized spacial score (nSPS) is 12.0. The predicted octanol–water partition coefficient (Wildman–Crippen LogP) is 1.92. The first-order valence-corrected chi connectivity index (χ1v) is 6.51. The van der Waals surface area contributed by atoms with Crippen LogP contribution in [0.25, 0.3) is 0 Å². The van der Waals surface area contributed by atoms with Gasteiger partial charge in [-0.1, -0.05) is 13.8 Å². The quantitative estimate of drug-likeness (QED) is 0.751. The largest absolute Gasteiger partial charge is 0.480 e. The van der Waals surface area contributed by atoms with Crippen LogP contribution in [-0.4, -0.2) is 29.7 Å². The van der Waals surface area contributed by atoms with E-state index in [-0.39, 0.29) is 18.9 Å². The summed E-state index contributed by atoms with van der Waals surface area (Å²) in [4.78, 5) is 22.5. The molecule has 2 amide bonds. The maximum Gasteiger partial charge on any atom is 0.326 e. The molecule has 0 heterocycles. The highest BCUT2D eigenvalue weighted by atomic mass is 19.1. The second-order valence-electron chi connectivity index (χ2n) is 4.99. The van der Waals surface area contributed by atoms with Gasteiger partial charge in [-0.15, -0.1) is 0 Å². The number of halogens is 2. The summed E-state index contributed by atoms with van der Waals surface area (Å²) in [6.07, 6.45) is 0.238. The van der Waals surface area contributed by atoms with Crippen molar-refractivity contribution in [1.82, 2.24) is 10.6 Å². The van der Waals surface area contributed by atoms with Crippen LogP contribution in [0.3, 0.4) is 0 Å². The maximum absolute atomic E-state index is 13.0. The minimum Gasteiger partial charge on any atom is -0.480 e. The van der Waals surface area contributed by atoms with Gasteiger partial charge in [0.1, 0.15) is 17.7 Å². The van der Waals surface area contributed by atoms with Gasteiger partial charge in [-0.25, -0.2) is 18.4 Å². The van der Waals surface area contributed by atoms with E-state index in [1.165, 1.54) is 12.1 Å². The van der Waals surface area contributed by atoms with Gasteiger partial charge in [-0.05, 0) is 30.0 Å². The molecule has 0 spiro atoms. The Bertz CT molecular complexity index is 501. The number of carbonyl (C=O) groups excluding carboxylic acids is 1. The summed E-state index contributed by atoms with van der Waals surface area (Å²) < 4.78 is 25.9. The highest BCUT2D eigenvalue weighted by Crippen LogP contribution is 2.08. The molecule has 1 aromatic rings. The Morgan fingerprint density at radius 3 is 2.24 bits per heavy atom. The predicted molar refractivity (Wildman–Crippen MR) is 72.9 cm³/mol. The van der Waals surface area contributed by atoms with E-state index in [1.807, 2.05) is 0 Å². The summed E-state index contributed by atoms with van der Waals surface area (Å²) in [5.74, 6) is -2.74. The fourth-order valence-electron chi connectivity index (χ4n) is 1.78. The molecule has 0 aliphatic carbocycles. The second-order valence-corrected chi connectivity index (χ2v) is 4.99. The number of hydrogen-bond acceptors (Lipinski definition) is 2. The molecule has 3 N–H and O–H groups in total. The minimum absolute atomic E-state index is 0.138. The van der Waals surface area contributed by atoms with Crippen molar-refractivity contribution in [3.8, 4) is 0 Å². The van der Waals surface area contributed by atoms with Crippen molar-refractivity contribution in [2.24, 2.45) is 5.92 Å². The average Bonchev–Trinajstić information content (AvgIpc) is 2.34. The third kappa shape index (κ3) is 5.76. The lowest BCUT2D eigenvalue weighted by Crippen LogP contribution is -2.48. The lowest BCUT2D eigenvalue weighted by molar-refractivity contribution is -0.140. The summed E-state index contributed by atoms with van der Waals surface area (Å²) in [6, 6.07) is 1.50. The average molecular weight is 300 g/mol. The van der Waals surface area contributed by atoms with Gasteiger partial charge in [0, 0.05) is 12.6 Å². The summed E-state index contributed by atoms with van der Waals surface area (Å²) in [5, 5.41) is 13.7. The minimum atomic E-state index is -1.12. The van der Waals surface area contributed by atoms with Crippen molar-refractivity contribution in [2.75, 3.05) is 6.54 Å². The van der Waals surface area contributed by atoms with Crippen molar-refractivity contribution in [2.45, 2.75) is 26.3 Å². The zero-order valence-corrected chi connectivity index (χ0v) is 11.8. The van der Waals surface area contributed by atoms with Crippen LogP contribution >= 0.6 is 0 Å².